The van der Waals surface area contributed by atoms with Crippen molar-refractivity contribution < 1.29 is 19.4 Å². The second-order valence-electron chi connectivity index (χ2n) is 5.48. The summed E-state index contributed by atoms with van der Waals surface area (Å²) in [5.41, 5.74) is 1.85. The van der Waals surface area contributed by atoms with Crippen LogP contribution >= 0.6 is 0 Å². The first-order chi connectivity index (χ1) is 11.1. The maximum atomic E-state index is 12.3. The first-order valence-corrected chi connectivity index (χ1v) is 7.47. The average Bonchev–Trinajstić information content (AvgIpc) is 2.55. The van der Waals surface area contributed by atoms with Gasteiger partial charge in [-0.25, -0.2) is 4.79 Å². The molecule has 0 saturated carbocycles. The molecule has 2 aromatic rings. The first-order valence-electron chi connectivity index (χ1n) is 7.47. The predicted molar refractivity (Wildman–Crippen MR) is 84.5 cm³/mol. The summed E-state index contributed by atoms with van der Waals surface area (Å²) >= 11 is 0. The summed E-state index contributed by atoms with van der Waals surface area (Å²) in [6, 6.07) is 14.0. The van der Waals surface area contributed by atoms with Crippen LogP contribution < -0.4 is 10.1 Å². The first kappa shape index (κ1) is 15.1. The van der Waals surface area contributed by atoms with Crippen molar-refractivity contribution in [2.24, 2.45) is 0 Å². The number of amides is 1. The fraction of sp³-hybridized carbons (Fsp3) is 0.222. The molecule has 0 aromatic heterocycles. The zero-order chi connectivity index (χ0) is 16.2. The highest BCUT2D eigenvalue weighted by Crippen LogP contribution is 2.31. The molecule has 2 N–H and O–H groups in total. The van der Waals surface area contributed by atoms with E-state index in [2.05, 4.69) is 5.32 Å². The SMILES string of the molecule is O=C(Cc1cccc(C(=O)O)c1)NC1CCOc2ccccc21. The van der Waals surface area contributed by atoms with E-state index >= 15 is 0 Å². The molecule has 5 nitrogen and oxygen atoms in total. The molecule has 2 aromatic carbocycles. The van der Waals surface area contributed by atoms with E-state index < -0.39 is 5.97 Å². The Hall–Kier alpha value is -2.82. The van der Waals surface area contributed by atoms with Gasteiger partial charge < -0.3 is 15.2 Å². The Balaban J connectivity index is 1.69. The number of carboxylic acids is 1. The number of carboxylic acid groups (broad SMARTS) is 1. The molecule has 0 aliphatic carbocycles. The zero-order valence-electron chi connectivity index (χ0n) is 12.5. The second kappa shape index (κ2) is 6.52. The van der Waals surface area contributed by atoms with E-state index in [1.165, 1.54) is 12.1 Å². The van der Waals surface area contributed by atoms with Gasteiger partial charge in [0.25, 0.3) is 0 Å². The standard InChI is InChI=1S/C18H17NO4/c20-17(11-12-4-3-5-13(10-12)18(21)22)19-15-8-9-23-16-7-2-1-6-14(15)16/h1-7,10,15H,8-9,11H2,(H,19,20)(H,21,22). The van der Waals surface area contributed by atoms with Crippen LogP contribution in [0.2, 0.25) is 0 Å². The van der Waals surface area contributed by atoms with E-state index in [0.717, 1.165) is 17.7 Å². The topological polar surface area (TPSA) is 75.6 Å². The van der Waals surface area contributed by atoms with Crippen LogP contribution in [0.3, 0.4) is 0 Å². The minimum absolute atomic E-state index is 0.0740. The molecule has 118 valence electrons. The Kier molecular flexibility index (Phi) is 4.28. The summed E-state index contributed by atoms with van der Waals surface area (Å²) in [6.45, 7) is 0.566. The fourth-order valence-corrected chi connectivity index (χ4v) is 2.74. The number of nitrogens with one attached hydrogen (secondary N) is 1. The van der Waals surface area contributed by atoms with Crippen molar-refractivity contribution in [3.05, 3.63) is 65.2 Å². The van der Waals surface area contributed by atoms with Crippen LogP contribution in [-0.4, -0.2) is 23.6 Å². The molecule has 3 rings (SSSR count). The summed E-state index contributed by atoms with van der Waals surface area (Å²) < 4.78 is 5.58. The van der Waals surface area contributed by atoms with E-state index in [4.69, 9.17) is 9.84 Å². The van der Waals surface area contributed by atoms with Gasteiger partial charge in [-0.05, 0) is 23.8 Å². The minimum Gasteiger partial charge on any atom is -0.493 e. The van der Waals surface area contributed by atoms with E-state index in [9.17, 15) is 9.59 Å². The number of para-hydroxylation sites is 1. The molecular formula is C18H17NO4. The Morgan fingerprint density at radius 2 is 2.00 bits per heavy atom. The summed E-state index contributed by atoms with van der Waals surface area (Å²) in [7, 11) is 0. The van der Waals surface area contributed by atoms with Crippen LogP contribution in [0.4, 0.5) is 0 Å². The molecular weight excluding hydrogens is 294 g/mol. The van der Waals surface area contributed by atoms with Crippen LogP contribution in [-0.2, 0) is 11.2 Å². The van der Waals surface area contributed by atoms with Crippen molar-refractivity contribution in [1.82, 2.24) is 5.32 Å². The van der Waals surface area contributed by atoms with Gasteiger partial charge >= 0.3 is 5.97 Å². The monoisotopic (exact) mass is 311 g/mol. The lowest BCUT2D eigenvalue weighted by Crippen LogP contribution is -2.33. The Labute approximate surface area is 133 Å². The molecule has 0 fully saturated rings. The number of hydrogen-bond donors (Lipinski definition) is 2. The number of carbonyl (C=O) groups excluding carboxylic acids is 1. The number of ether oxygens (including phenoxy) is 1. The number of hydrogen-bond acceptors (Lipinski definition) is 3. The van der Waals surface area contributed by atoms with Gasteiger partial charge in [0.1, 0.15) is 5.75 Å². The largest absolute Gasteiger partial charge is 0.493 e. The molecule has 1 amide bonds. The van der Waals surface area contributed by atoms with Gasteiger partial charge in [-0.2, -0.15) is 0 Å². The fourth-order valence-electron chi connectivity index (χ4n) is 2.74. The van der Waals surface area contributed by atoms with Crippen molar-refractivity contribution >= 4 is 11.9 Å². The maximum Gasteiger partial charge on any atom is 0.335 e. The summed E-state index contributed by atoms with van der Waals surface area (Å²) in [6.07, 6.45) is 0.874. The van der Waals surface area contributed by atoms with E-state index in [1.54, 1.807) is 12.1 Å². The average molecular weight is 311 g/mol. The van der Waals surface area contributed by atoms with Crippen LogP contribution in [0.5, 0.6) is 5.75 Å². The Morgan fingerprint density at radius 3 is 2.83 bits per heavy atom. The highest BCUT2D eigenvalue weighted by Gasteiger charge is 2.22. The number of rotatable bonds is 4. The zero-order valence-corrected chi connectivity index (χ0v) is 12.5. The van der Waals surface area contributed by atoms with Gasteiger partial charge in [-0.3, -0.25) is 4.79 Å². The highest BCUT2D eigenvalue weighted by molar-refractivity contribution is 5.88. The normalized spacial score (nSPS) is 16.1. The number of fused-ring (bicyclic) bond motifs is 1. The van der Waals surface area contributed by atoms with Crippen LogP contribution in [0.1, 0.15) is 33.9 Å². The van der Waals surface area contributed by atoms with E-state index in [0.29, 0.717) is 12.2 Å². The molecule has 5 heteroatoms. The number of aromatic carboxylic acids is 1. The maximum absolute atomic E-state index is 12.3. The second-order valence-corrected chi connectivity index (χ2v) is 5.48. The molecule has 23 heavy (non-hydrogen) atoms. The third-order valence-corrected chi connectivity index (χ3v) is 3.83. The van der Waals surface area contributed by atoms with Crippen molar-refractivity contribution in [2.45, 2.75) is 18.9 Å². The molecule has 1 aliphatic heterocycles. The summed E-state index contributed by atoms with van der Waals surface area (Å²) in [5, 5.41) is 12.0. The van der Waals surface area contributed by atoms with E-state index in [-0.39, 0.29) is 23.9 Å². The number of carbonyl (C=O) groups is 2. The smallest absolute Gasteiger partial charge is 0.335 e. The lowest BCUT2D eigenvalue weighted by atomic mass is 10.00. The molecule has 1 unspecified atom stereocenters. The van der Waals surface area contributed by atoms with Gasteiger partial charge in [0.15, 0.2) is 0 Å². The van der Waals surface area contributed by atoms with Gasteiger partial charge in [0, 0.05) is 12.0 Å². The minimum atomic E-state index is -0.995. The molecule has 1 heterocycles. The third kappa shape index (κ3) is 3.51. The Morgan fingerprint density at radius 1 is 1.17 bits per heavy atom. The van der Waals surface area contributed by atoms with Gasteiger partial charge in [-0.15, -0.1) is 0 Å². The van der Waals surface area contributed by atoms with E-state index in [1.807, 2.05) is 24.3 Å². The summed E-state index contributed by atoms with van der Waals surface area (Å²) in [4.78, 5) is 23.3. The van der Waals surface area contributed by atoms with Gasteiger partial charge in [0.05, 0.1) is 24.6 Å². The molecule has 1 aliphatic rings. The predicted octanol–water partition coefficient (Wildman–Crippen LogP) is 2.57. The third-order valence-electron chi connectivity index (χ3n) is 3.83. The molecule has 0 spiro atoms. The van der Waals surface area contributed by atoms with Crippen molar-refractivity contribution in [3.63, 3.8) is 0 Å². The molecule has 0 saturated heterocycles. The van der Waals surface area contributed by atoms with Crippen molar-refractivity contribution in [1.29, 1.82) is 0 Å². The van der Waals surface area contributed by atoms with Crippen LogP contribution in [0, 0.1) is 0 Å². The lowest BCUT2D eigenvalue weighted by molar-refractivity contribution is -0.121. The van der Waals surface area contributed by atoms with Crippen LogP contribution in [0.15, 0.2) is 48.5 Å². The molecule has 0 bridgehead atoms. The van der Waals surface area contributed by atoms with Gasteiger partial charge in [0.2, 0.25) is 5.91 Å². The van der Waals surface area contributed by atoms with Crippen molar-refractivity contribution in [2.75, 3.05) is 6.61 Å². The highest BCUT2D eigenvalue weighted by atomic mass is 16.5. The molecule has 1 atom stereocenters. The molecule has 0 radical (unpaired) electrons. The van der Waals surface area contributed by atoms with Crippen molar-refractivity contribution in [3.8, 4) is 5.75 Å². The van der Waals surface area contributed by atoms with Crippen LogP contribution in [0.25, 0.3) is 0 Å². The number of benzene rings is 2. The lowest BCUT2D eigenvalue weighted by Gasteiger charge is -2.26. The quantitative estimate of drug-likeness (QED) is 0.910. The Bertz CT molecular complexity index is 741. The van der Waals surface area contributed by atoms with Gasteiger partial charge in [-0.1, -0.05) is 30.3 Å². The summed E-state index contributed by atoms with van der Waals surface area (Å²) in [5.74, 6) is -0.322.